The molecule has 19 heavy (non-hydrogen) atoms. The van der Waals surface area contributed by atoms with Gasteiger partial charge in [0.2, 0.25) is 0 Å². The molecular weight excluding hydrogens is 254 g/mol. The first-order valence-electron chi connectivity index (χ1n) is 6.89. The fourth-order valence-electron chi connectivity index (χ4n) is 2.95. The van der Waals surface area contributed by atoms with Crippen molar-refractivity contribution < 1.29 is 0 Å². The SMILES string of the molecule is CCNC(c1cnc(C)s1)C1CCc2cccnc21. The van der Waals surface area contributed by atoms with E-state index in [0.717, 1.165) is 18.0 Å². The quantitative estimate of drug-likeness (QED) is 0.929. The number of pyridine rings is 1. The van der Waals surface area contributed by atoms with Gasteiger partial charge in [-0.15, -0.1) is 11.3 Å². The van der Waals surface area contributed by atoms with Crippen molar-refractivity contribution in [3.8, 4) is 0 Å². The minimum atomic E-state index is 0.354. The number of aryl methyl sites for hydroxylation is 2. The molecule has 3 rings (SSSR count). The average Bonchev–Trinajstić information content (AvgIpc) is 3.03. The molecule has 3 nitrogen and oxygen atoms in total. The average molecular weight is 273 g/mol. The van der Waals surface area contributed by atoms with Gasteiger partial charge < -0.3 is 5.32 Å². The summed E-state index contributed by atoms with van der Waals surface area (Å²) in [4.78, 5) is 10.4. The standard InChI is InChI=1S/C15H19N3S/c1-3-16-15(13-9-18-10(2)19-13)12-7-6-11-5-4-8-17-14(11)12/h4-5,8-9,12,15-16H,3,6-7H2,1-2H3. The lowest BCUT2D eigenvalue weighted by Crippen LogP contribution is -2.25. The van der Waals surface area contributed by atoms with Gasteiger partial charge in [0.25, 0.3) is 0 Å². The van der Waals surface area contributed by atoms with E-state index < -0.39 is 0 Å². The van der Waals surface area contributed by atoms with Crippen molar-refractivity contribution in [2.45, 2.75) is 38.6 Å². The van der Waals surface area contributed by atoms with Crippen LogP contribution in [0.2, 0.25) is 0 Å². The lowest BCUT2D eigenvalue weighted by Gasteiger charge is -2.23. The summed E-state index contributed by atoms with van der Waals surface area (Å²) in [6.07, 6.45) is 6.26. The summed E-state index contributed by atoms with van der Waals surface area (Å²) in [6, 6.07) is 4.61. The highest BCUT2D eigenvalue weighted by Crippen LogP contribution is 2.41. The van der Waals surface area contributed by atoms with Gasteiger partial charge in [-0.05, 0) is 37.9 Å². The number of nitrogens with one attached hydrogen (secondary N) is 1. The number of hydrogen-bond acceptors (Lipinski definition) is 4. The summed E-state index contributed by atoms with van der Waals surface area (Å²) in [7, 11) is 0. The molecule has 2 unspecified atom stereocenters. The highest BCUT2D eigenvalue weighted by molar-refractivity contribution is 7.11. The molecule has 2 atom stereocenters. The van der Waals surface area contributed by atoms with Crippen LogP contribution in [-0.2, 0) is 6.42 Å². The Hall–Kier alpha value is -1.26. The zero-order chi connectivity index (χ0) is 13.2. The van der Waals surface area contributed by atoms with Crippen LogP contribution < -0.4 is 5.32 Å². The Labute approximate surface area is 118 Å². The molecule has 100 valence electrons. The largest absolute Gasteiger partial charge is 0.309 e. The number of thiazole rings is 1. The third-order valence-electron chi connectivity index (χ3n) is 3.77. The second-order valence-electron chi connectivity index (χ2n) is 5.01. The van der Waals surface area contributed by atoms with Crippen LogP contribution in [0.5, 0.6) is 0 Å². The monoisotopic (exact) mass is 273 g/mol. The Morgan fingerprint density at radius 3 is 3.11 bits per heavy atom. The molecule has 0 saturated carbocycles. The number of fused-ring (bicyclic) bond motifs is 1. The first kappa shape index (κ1) is 12.8. The summed E-state index contributed by atoms with van der Waals surface area (Å²) >= 11 is 1.80. The van der Waals surface area contributed by atoms with Gasteiger partial charge in [-0.25, -0.2) is 4.98 Å². The Bertz CT molecular complexity index is 564. The highest BCUT2D eigenvalue weighted by atomic mass is 32.1. The first-order chi connectivity index (χ1) is 9.29. The second kappa shape index (κ2) is 5.39. The van der Waals surface area contributed by atoms with Gasteiger partial charge >= 0.3 is 0 Å². The third kappa shape index (κ3) is 2.42. The Kier molecular flexibility index (Phi) is 3.62. The van der Waals surface area contributed by atoms with E-state index in [1.807, 2.05) is 18.5 Å². The molecule has 2 heterocycles. The van der Waals surface area contributed by atoms with Gasteiger partial charge in [0, 0.05) is 28.9 Å². The van der Waals surface area contributed by atoms with Crippen LogP contribution in [0, 0.1) is 6.92 Å². The van der Waals surface area contributed by atoms with E-state index in [0.29, 0.717) is 12.0 Å². The molecule has 1 N–H and O–H groups in total. The Morgan fingerprint density at radius 2 is 2.37 bits per heavy atom. The molecule has 2 aromatic heterocycles. The van der Waals surface area contributed by atoms with Crippen LogP contribution in [0.15, 0.2) is 24.5 Å². The minimum Gasteiger partial charge on any atom is -0.309 e. The smallest absolute Gasteiger partial charge is 0.0897 e. The summed E-state index contributed by atoms with van der Waals surface area (Å²) in [5, 5.41) is 4.76. The molecule has 0 amide bonds. The molecule has 4 heteroatoms. The van der Waals surface area contributed by atoms with Crippen molar-refractivity contribution in [2.24, 2.45) is 0 Å². The van der Waals surface area contributed by atoms with Crippen LogP contribution in [0.3, 0.4) is 0 Å². The number of rotatable bonds is 4. The summed E-state index contributed by atoms with van der Waals surface area (Å²) in [5.74, 6) is 0.482. The van der Waals surface area contributed by atoms with Gasteiger partial charge in [-0.2, -0.15) is 0 Å². The Morgan fingerprint density at radius 1 is 1.47 bits per heavy atom. The van der Waals surface area contributed by atoms with Gasteiger partial charge in [0.05, 0.1) is 11.0 Å². The first-order valence-corrected chi connectivity index (χ1v) is 7.70. The zero-order valence-electron chi connectivity index (χ0n) is 11.4. The van der Waals surface area contributed by atoms with E-state index in [1.165, 1.54) is 22.6 Å². The molecular formula is C15H19N3S. The van der Waals surface area contributed by atoms with E-state index in [1.54, 1.807) is 11.3 Å². The summed E-state index contributed by atoms with van der Waals surface area (Å²) < 4.78 is 0. The van der Waals surface area contributed by atoms with Crippen molar-refractivity contribution in [2.75, 3.05) is 6.54 Å². The maximum atomic E-state index is 4.62. The molecule has 0 spiro atoms. The zero-order valence-corrected chi connectivity index (χ0v) is 12.2. The topological polar surface area (TPSA) is 37.8 Å². The van der Waals surface area contributed by atoms with Gasteiger partial charge in [0.1, 0.15) is 0 Å². The summed E-state index contributed by atoms with van der Waals surface area (Å²) in [5.41, 5.74) is 2.69. The van der Waals surface area contributed by atoms with Crippen LogP contribution in [0.4, 0.5) is 0 Å². The molecule has 0 bridgehead atoms. The van der Waals surface area contributed by atoms with Gasteiger partial charge in [-0.1, -0.05) is 13.0 Å². The predicted molar refractivity (Wildman–Crippen MR) is 78.6 cm³/mol. The Balaban J connectivity index is 1.94. The fraction of sp³-hybridized carbons (Fsp3) is 0.467. The minimum absolute atomic E-state index is 0.354. The third-order valence-corrected chi connectivity index (χ3v) is 4.77. The van der Waals surface area contributed by atoms with Gasteiger partial charge in [0.15, 0.2) is 0 Å². The fourth-order valence-corrected chi connectivity index (χ4v) is 3.88. The van der Waals surface area contributed by atoms with Crippen molar-refractivity contribution >= 4 is 11.3 Å². The van der Waals surface area contributed by atoms with E-state index in [-0.39, 0.29) is 0 Å². The molecule has 0 fully saturated rings. The van der Waals surface area contributed by atoms with Crippen molar-refractivity contribution in [1.82, 2.24) is 15.3 Å². The predicted octanol–water partition coefficient (Wildman–Crippen LogP) is 3.23. The number of hydrogen-bond donors (Lipinski definition) is 1. The number of nitrogens with zero attached hydrogens (tertiary/aromatic N) is 2. The second-order valence-corrected chi connectivity index (χ2v) is 6.28. The van der Waals surface area contributed by atoms with E-state index in [4.69, 9.17) is 0 Å². The maximum Gasteiger partial charge on any atom is 0.0897 e. The van der Waals surface area contributed by atoms with E-state index in [2.05, 4.69) is 35.2 Å². The van der Waals surface area contributed by atoms with Crippen molar-refractivity contribution in [3.05, 3.63) is 45.7 Å². The van der Waals surface area contributed by atoms with Crippen LogP contribution in [0.1, 0.15) is 46.4 Å². The van der Waals surface area contributed by atoms with Gasteiger partial charge in [-0.3, -0.25) is 4.98 Å². The highest BCUT2D eigenvalue weighted by Gasteiger charge is 2.32. The van der Waals surface area contributed by atoms with Crippen LogP contribution in [0.25, 0.3) is 0 Å². The molecule has 0 saturated heterocycles. The lowest BCUT2D eigenvalue weighted by molar-refractivity contribution is 0.453. The molecule has 0 aromatic carbocycles. The van der Waals surface area contributed by atoms with E-state index >= 15 is 0 Å². The lowest BCUT2D eigenvalue weighted by atomic mass is 9.96. The van der Waals surface area contributed by atoms with Crippen molar-refractivity contribution in [1.29, 1.82) is 0 Å². The van der Waals surface area contributed by atoms with Crippen molar-refractivity contribution in [3.63, 3.8) is 0 Å². The molecule has 0 radical (unpaired) electrons. The van der Waals surface area contributed by atoms with Crippen LogP contribution >= 0.6 is 11.3 Å². The molecule has 1 aliphatic rings. The molecule has 1 aliphatic carbocycles. The molecule has 2 aromatic rings. The normalized spacial score (nSPS) is 19.4. The molecule has 0 aliphatic heterocycles. The van der Waals surface area contributed by atoms with E-state index in [9.17, 15) is 0 Å². The summed E-state index contributed by atoms with van der Waals surface area (Å²) in [6.45, 7) is 5.20. The van der Waals surface area contributed by atoms with Crippen LogP contribution in [-0.4, -0.2) is 16.5 Å². The maximum absolute atomic E-state index is 4.62. The number of likely N-dealkylation sites (N-methyl/N-ethyl adjacent to an activating group) is 1. The number of aromatic nitrogens is 2.